The first kappa shape index (κ1) is 14.8. The number of sulfone groups is 1. The highest BCUT2D eigenvalue weighted by molar-refractivity contribution is 7.91. The molecule has 2 N–H and O–H groups in total. The van der Waals surface area contributed by atoms with E-state index in [2.05, 4.69) is 0 Å². The molecule has 0 spiro atoms. The third-order valence-corrected chi connectivity index (χ3v) is 5.21. The van der Waals surface area contributed by atoms with Crippen LogP contribution in [0.1, 0.15) is 22.7 Å². The van der Waals surface area contributed by atoms with Gasteiger partial charge in [0.05, 0.1) is 10.6 Å². The minimum atomic E-state index is -3.39. The molecule has 0 saturated carbocycles. The van der Waals surface area contributed by atoms with Crippen LogP contribution in [0.15, 0.2) is 53.4 Å². The lowest BCUT2D eigenvalue weighted by Crippen LogP contribution is -2.22. The summed E-state index contributed by atoms with van der Waals surface area (Å²) in [6.45, 7) is 3.69. The zero-order valence-electron chi connectivity index (χ0n) is 11.7. The van der Waals surface area contributed by atoms with E-state index in [0.717, 1.165) is 16.7 Å². The zero-order valence-corrected chi connectivity index (χ0v) is 12.5. The summed E-state index contributed by atoms with van der Waals surface area (Å²) in [5, 5.41) is 0. The third kappa shape index (κ3) is 3.26. The highest BCUT2D eigenvalue weighted by Crippen LogP contribution is 2.22. The molecule has 20 heavy (non-hydrogen) atoms. The van der Waals surface area contributed by atoms with Crippen molar-refractivity contribution in [1.82, 2.24) is 0 Å². The van der Waals surface area contributed by atoms with Gasteiger partial charge in [-0.15, -0.1) is 0 Å². The largest absolute Gasteiger partial charge is 0.323 e. The van der Waals surface area contributed by atoms with Gasteiger partial charge in [-0.3, -0.25) is 0 Å². The van der Waals surface area contributed by atoms with Gasteiger partial charge in [-0.05, 0) is 36.6 Å². The normalized spacial score (nSPS) is 13.2. The van der Waals surface area contributed by atoms with E-state index in [-0.39, 0.29) is 5.75 Å². The highest BCUT2D eigenvalue weighted by Gasteiger charge is 2.21. The number of hydrogen-bond donors (Lipinski definition) is 1. The molecule has 0 aliphatic heterocycles. The van der Waals surface area contributed by atoms with Crippen molar-refractivity contribution in [2.45, 2.75) is 24.8 Å². The Hall–Kier alpha value is -1.65. The summed E-state index contributed by atoms with van der Waals surface area (Å²) in [5.74, 6) is -0.0820. The second kappa shape index (κ2) is 5.77. The van der Waals surface area contributed by atoms with E-state index < -0.39 is 15.9 Å². The molecule has 3 nitrogen and oxygen atoms in total. The van der Waals surface area contributed by atoms with Crippen LogP contribution >= 0.6 is 0 Å². The first-order valence-corrected chi connectivity index (χ1v) is 8.16. The second-order valence-corrected chi connectivity index (χ2v) is 7.07. The summed E-state index contributed by atoms with van der Waals surface area (Å²) in [7, 11) is -3.39. The Labute approximate surface area is 120 Å². The van der Waals surface area contributed by atoms with Crippen LogP contribution < -0.4 is 5.73 Å². The molecule has 2 aromatic rings. The smallest absolute Gasteiger partial charge is 0.180 e. The quantitative estimate of drug-likeness (QED) is 0.941. The first-order chi connectivity index (χ1) is 9.40. The number of nitrogens with two attached hydrogens (primary N) is 1. The van der Waals surface area contributed by atoms with Crippen LogP contribution in [0.4, 0.5) is 0 Å². The van der Waals surface area contributed by atoms with Crippen LogP contribution in [0, 0.1) is 13.8 Å². The molecule has 0 radical (unpaired) electrons. The van der Waals surface area contributed by atoms with Crippen LogP contribution in [0.5, 0.6) is 0 Å². The maximum atomic E-state index is 12.5. The van der Waals surface area contributed by atoms with E-state index in [9.17, 15) is 8.42 Å². The summed E-state index contributed by atoms with van der Waals surface area (Å²) in [6.07, 6.45) is 0. The van der Waals surface area contributed by atoms with Gasteiger partial charge in [0.25, 0.3) is 0 Å². The molecule has 1 atom stereocenters. The zero-order chi connectivity index (χ0) is 14.8. The van der Waals surface area contributed by atoms with Crippen molar-refractivity contribution in [1.29, 1.82) is 0 Å². The molecule has 0 fully saturated rings. The van der Waals surface area contributed by atoms with Gasteiger partial charge in [0.15, 0.2) is 9.84 Å². The lowest BCUT2D eigenvalue weighted by Gasteiger charge is -2.14. The Morgan fingerprint density at radius 3 is 2.35 bits per heavy atom. The third-order valence-electron chi connectivity index (χ3n) is 3.31. The van der Waals surface area contributed by atoms with Crippen molar-refractivity contribution >= 4 is 9.84 Å². The van der Waals surface area contributed by atoms with E-state index in [1.165, 1.54) is 0 Å². The topological polar surface area (TPSA) is 60.2 Å². The monoisotopic (exact) mass is 289 g/mol. The Morgan fingerprint density at radius 1 is 1.05 bits per heavy atom. The molecule has 4 heteroatoms. The fourth-order valence-electron chi connectivity index (χ4n) is 2.16. The van der Waals surface area contributed by atoms with Crippen molar-refractivity contribution in [3.8, 4) is 0 Å². The average molecular weight is 289 g/mol. The molecule has 0 aliphatic carbocycles. The molecule has 0 heterocycles. The molecule has 2 rings (SSSR count). The van der Waals surface area contributed by atoms with Crippen LogP contribution in [0.25, 0.3) is 0 Å². The first-order valence-electron chi connectivity index (χ1n) is 6.51. The van der Waals surface area contributed by atoms with Gasteiger partial charge in [0.2, 0.25) is 0 Å². The molecule has 0 aliphatic rings. The predicted molar refractivity (Wildman–Crippen MR) is 81.3 cm³/mol. The maximum Gasteiger partial charge on any atom is 0.180 e. The Kier molecular flexibility index (Phi) is 4.26. The summed E-state index contributed by atoms with van der Waals surface area (Å²) in [5.41, 5.74) is 8.55. The van der Waals surface area contributed by atoms with Gasteiger partial charge in [-0.1, -0.05) is 42.5 Å². The molecular weight excluding hydrogens is 270 g/mol. The Bertz CT molecular complexity index is 694. The fraction of sp³-hybridized carbons (Fsp3) is 0.250. The Morgan fingerprint density at radius 2 is 1.70 bits per heavy atom. The second-order valence-electron chi connectivity index (χ2n) is 5.07. The van der Waals surface area contributed by atoms with Gasteiger partial charge >= 0.3 is 0 Å². The molecule has 0 saturated heterocycles. The van der Waals surface area contributed by atoms with Crippen molar-refractivity contribution < 1.29 is 8.42 Å². The molecule has 2 aromatic carbocycles. The minimum absolute atomic E-state index is 0.0820. The van der Waals surface area contributed by atoms with Gasteiger partial charge in [0.1, 0.15) is 0 Å². The van der Waals surface area contributed by atoms with E-state index in [1.807, 2.05) is 49.4 Å². The average Bonchev–Trinajstić information content (AvgIpc) is 2.42. The van der Waals surface area contributed by atoms with Gasteiger partial charge in [-0.2, -0.15) is 0 Å². The van der Waals surface area contributed by atoms with Gasteiger partial charge in [0, 0.05) is 6.04 Å². The molecule has 0 aromatic heterocycles. The maximum absolute atomic E-state index is 12.5. The highest BCUT2D eigenvalue weighted by atomic mass is 32.2. The van der Waals surface area contributed by atoms with Crippen molar-refractivity contribution in [2.75, 3.05) is 5.75 Å². The van der Waals surface area contributed by atoms with Crippen LogP contribution in [0.3, 0.4) is 0 Å². The van der Waals surface area contributed by atoms with Gasteiger partial charge in [-0.25, -0.2) is 8.42 Å². The van der Waals surface area contributed by atoms with E-state index in [0.29, 0.717) is 4.90 Å². The van der Waals surface area contributed by atoms with Crippen molar-refractivity contribution in [2.24, 2.45) is 5.73 Å². The summed E-state index contributed by atoms with van der Waals surface area (Å²) in [4.78, 5) is 0.379. The molecular formula is C16H19NO2S. The number of benzene rings is 2. The molecule has 0 amide bonds. The van der Waals surface area contributed by atoms with E-state index >= 15 is 0 Å². The van der Waals surface area contributed by atoms with Gasteiger partial charge < -0.3 is 5.73 Å². The van der Waals surface area contributed by atoms with E-state index in [4.69, 9.17) is 5.73 Å². The van der Waals surface area contributed by atoms with Crippen molar-refractivity contribution in [3.63, 3.8) is 0 Å². The summed E-state index contributed by atoms with van der Waals surface area (Å²) >= 11 is 0. The van der Waals surface area contributed by atoms with Crippen LogP contribution in [-0.4, -0.2) is 14.2 Å². The fourth-order valence-corrected chi connectivity index (χ4v) is 3.93. The standard InChI is InChI=1S/C16H19NO2S/c1-12-8-9-13(2)16(10-12)20(18,19)11-15(17)14-6-4-3-5-7-14/h3-10,15H,11,17H2,1-2H3. The van der Waals surface area contributed by atoms with E-state index in [1.54, 1.807) is 13.0 Å². The SMILES string of the molecule is Cc1ccc(C)c(S(=O)(=O)CC(N)c2ccccc2)c1. The van der Waals surface area contributed by atoms with Crippen LogP contribution in [-0.2, 0) is 9.84 Å². The molecule has 106 valence electrons. The molecule has 0 bridgehead atoms. The number of aryl methyl sites for hydroxylation is 2. The lowest BCUT2D eigenvalue weighted by atomic mass is 10.1. The summed E-state index contributed by atoms with van der Waals surface area (Å²) in [6, 6.07) is 14.2. The minimum Gasteiger partial charge on any atom is -0.323 e. The lowest BCUT2D eigenvalue weighted by molar-refractivity contribution is 0.588. The summed E-state index contributed by atoms with van der Waals surface area (Å²) < 4.78 is 25.0. The number of rotatable bonds is 4. The predicted octanol–water partition coefficient (Wildman–Crippen LogP) is 2.78. The number of hydrogen-bond acceptors (Lipinski definition) is 3. The molecule has 1 unspecified atom stereocenters. The Balaban J connectivity index is 2.30. The van der Waals surface area contributed by atoms with Crippen molar-refractivity contribution in [3.05, 3.63) is 65.2 Å². The van der Waals surface area contributed by atoms with Crippen LogP contribution in [0.2, 0.25) is 0 Å².